The highest BCUT2D eigenvalue weighted by Gasteiger charge is 2.14. The molecule has 0 saturated carbocycles. The number of sulfonamides is 1. The van der Waals surface area contributed by atoms with Gasteiger partial charge in [-0.3, -0.25) is 4.72 Å². The van der Waals surface area contributed by atoms with Crippen molar-refractivity contribution in [2.75, 3.05) is 18.4 Å². The lowest BCUT2D eigenvalue weighted by Gasteiger charge is -2.09. The molecule has 0 aliphatic rings. The molecule has 0 radical (unpaired) electrons. The van der Waals surface area contributed by atoms with Crippen molar-refractivity contribution in [3.05, 3.63) is 61.2 Å². The van der Waals surface area contributed by atoms with Gasteiger partial charge in [0.15, 0.2) is 0 Å². The zero-order valence-corrected chi connectivity index (χ0v) is 13.0. The molecule has 0 unspecified atom stereocenters. The maximum Gasteiger partial charge on any atom is 0.261 e. The topological polar surface area (TPSA) is 64.6 Å². The first kappa shape index (κ1) is 15.9. The van der Waals surface area contributed by atoms with Crippen LogP contribution >= 0.6 is 0 Å². The van der Waals surface area contributed by atoms with Crippen LogP contribution < -0.4 is 14.2 Å². The number of hydrogen-bond donors (Lipinski definition) is 1. The number of benzene rings is 2. The van der Waals surface area contributed by atoms with Gasteiger partial charge in [0.25, 0.3) is 10.0 Å². The molecule has 0 bridgehead atoms. The SMILES string of the molecule is C=CCOc1ccc(S(=O)(=O)Nc2ccc(OC)cc2)cc1. The molecule has 2 aromatic rings. The Bertz CT molecular complexity index is 722. The fraction of sp³-hybridized carbons (Fsp3) is 0.125. The third-order valence-electron chi connectivity index (χ3n) is 2.84. The molecule has 0 heterocycles. The summed E-state index contributed by atoms with van der Waals surface area (Å²) >= 11 is 0. The molecular formula is C16H17NO4S. The average molecular weight is 319 g/mol. The summed E-state index contributed by atoms with van der Waals surface area (Å²) in [5.41, 5.74) is 0.466. The Kier molecular flexibility index (Phi) is 5.06. The third-order valence-corrected chi connectivity index (χ3v) is 4.24. The number of methoxy groups -OCH3 is 1. The Labute approximate surface area is 130 Å². The van der Waals surface area contributed by atoms with Crippen molar-refractivity contribution in [3.8, 4) is 11.5 Å². The van der Waals surface area contributed by atoms with Crippen LogP contribution in [0.5, 0.6) is 11.5 Å². The predicted octanol–water partition coefficient (Wildman–Crippen LogP) is 3.06. The van der Waals surface area contributed by atoms with Crippen LogP contribution in [0.25, 0.3) is 0 Å². The zero-order chi connectivity index (χ0) is 16.0. The summed E-state index contributed by atoms with van der Waals surface area (Å²) in [6.07, 6.45) is 1.62. The van der Waals surface area contributed by atoms with Crippen LogP contribution in [0, 0.1) is 0 Å². The van der Waals surface area contributed by atoms with Crippen LogP contribution in [0.1, 0.15) is 0 Å². The lowest BCUT2D eigenvalue weighted by atomic mass is 10.3. The summed E-state index contributed by atoms with van der Waals surface area (Å²) in [6.45, 7) is 3.92. The normalized spacial score (nSPS) is 10.8. The molecule has 0 atom stereocenters. The first-order valence-electron chi connectivity index (χ1n) is 6.56. The van der Waals surface area contributed by atoms with Gasteiger partial charge in [-0.15, -0.1) is 0 Å². The molecule has 0 fully saturated rings. The molecule has 6 heteroatoms. The van der Waals surface area contributed by atoms with Gasteiger partial charge in [0.05, 0.1) is 12.0 Å². The monoisotopic (exact) mass is 319 g/mol. The van der Waals surface area contributed by atoms with Crippen molar-refractivity contribution in [1.29, 1.82) is 0 Å². The maximum absolute atomic E-state index is 12.3. The minimum Gasteiger partial charge on any atom is -0.497 e. The van der Waals surface area contributed by atoms with Gasteiger partial charge in [-0.1, -0.05) is 12.7 Å². The molecule has 0 spiro atoms. The van der Waals surface area contributed by atoms with Crippen molar-refractivity contribution in [2.45, 2.75) is 4.90 Å². The average Bonchev–Trinajstić information content (AvgIpc) is 2.53. The fourth-order valence-electron chi connectivity index (χ4n) is 1.74. The third kappa shape index (κ3) is 4.02. The Balaban J connectivity index is 2.13. The number of rotatable bonds is 7. The van der Waals surface area contributed by atoms with Gasteiger partial charge in [-0.2, -0.15) is 0 Å². The van der Waals surface area contributed by atoms with E-state index in [1.807, 2.05) is 0 Å². The Hall–Kier alpha value is -2.47. The lowest BCUT2D eigenvalue weighted by Crippen LogP contribution is -2.12. The molecule has 1 N–H and O–H groups in total. The smallest absolute Gasteiger partial charge is 0.261 e. The second-order valence-corrected chi connectivity index (χ2v) is 6.09. The highest BCUT2D eigenvalue weighted by atomic mass is 32.2. The van der Waals surface area contributed by atoms with Gasteiger partial charge in [-0.25, -0.2) is 8.42 Å². The number of nitrogens with one attached hydrogen (secondary N) is 1. The summed E-state index contributed by atoms with van der Waals surface area (Å²) in [5.74, 6) is 1.25. The van der Waals surface area contributed by atoms with Crippen molar-refractivity contribution >= 4 is 15.7 Å². The van der Waals surface area contributed by atoms with E-state index in [1.54, 1.807) is 49.6 Å². The number of hydrogen-bond acceptors (Lipinski definition) is 4. The molecule has 2 aromatic carbocycles. The molecule has 0 aliphatic carbocycles. The summed E-state index contributed by atoms with van der Waals surface area (Å²) < 4.78 is 37.4. The summed E-state index contributed by atoms with van der Waals surface area (Å²) in [4.78, 5) is 0.161. The van der Waals surface area contributed by atoms with E-state index in [9.17, 15) is 8.42 Å². The molecule has 0 saturated heterocycles. The second-order valence-electron chi connectivity index (χ2n) is 4.41. The van der Waals surface area contributed by atoms with Crippen LogP contribution in [-0.4, -0.2) is 22.1 Å². The van der Waals surface area contributed by atoms with Crippen LogP contribution in [0.2, 0.25) is 0 Å². The van der Waals surface area contributed by atoms with E-state index < -0.39 is 10.0 Å². The standard InChI is InChI=1S/C16H17NO4S/c1-3-12-21-15-8-10-16(11-9-15)22(18,19)17-13-4-6-14(20-2)7-5-13/h3-11,17H,1,12H2,2H3. The molecule has 0 amide bonds. The highest BCUT2D eigenvalue weighted by Crippen LogP contribution is 2.21. The Morgan fingerprint density at radius 1 is 1.05 bits per heavy atom. The Morgan fingerprint density at radius 2 is 1.64 bits per heavy atom. The van der Waals surface area contributed by atoms with E-state index in [2.05, 4.69) is 11.3 Å². The van der Waals surface area contributed by atoms with E-state index in [4.69, 9.17) is 9.47 Å². The van der Waals surface area contributed by atoms with Crippen LogP contribution in [-0.2, 0) is 10.0 Å². The van der Waals surface area contributed by atoms with Gasteiger partial charge < -0.3 is 9.47 Å². The van der Waals surface area contributed by atoms with E-state index in [-0.39, 0.29) is 4.90 Å². The van der Waals surface area contributed by atoms with Crippen molar-refractivity contribution < 1.29 is 17.9 Å². The minimum atomic E-state index is -3.64. The quantitative estimate of drug-likeness (QED) is 0.797. The van der Waals surface area contributed by atoms with Crippen molar-refractivity contribution in [3.63, 3.8) is 0 Å². The summed E-state index contributed by atoms with van der Waals surface area (Å²) in [7, 11) is -2.09. The van der Waals surface area contributed by atoms with Gasteiger partial charge in [-0.05, 0) is 48.5 Å². The van der Waals surface area contributed by atoms with E-state index >= 15 is 0 Å². The first-order valence-corrected chi connectivity index (χ1v) is 8.04. The van der Waals surface area contributed by atoms with Gasteiger partial charge >= 0.3 is 0 Å². The maximum atomic E-state index is 12.3. The number of anilines is 1. The van der Waals surface area contributed by atoms with Gasteiger partial charge in [0.2, 0.25) is 0 Å². The van der Waals surface area contributed by atoms with Gasteiger partial charge in [0.1, 0.15) is 18.1 Å². The lowest BCUT2D eigenvalue weighted by molar-refractivity contribution is 0.363. The zero-order valence-electron chi connectivity index (χ0n) is 12.2. The summed E-state index contributed by atoms with van der Waals surface area (Å²) in [6, 6.07) is 12.8. The molecular weight excluding hydrogens is 302 g/mol. The first-order chi connectivity index (χ1) is 10.5. The number of ether oxygens (including phenoxy) is 2. The van der Waals surface area contributed by atoms with Crippen LogP contribution in [0.3, 0.4) is 0 Å². The molecule has 22 heavy (non-hydrogen) atoms. The van der Waals surface area contributed by atoms with Crippen molar-refractivity contribution in [1.82, 2.24) is 0 Å². The summed E-state index contributed by atoms with van der Waals surface area (Å²) in [5, 5.41) is 0. The van der Waals surface area contributed by atoms with E-state index in [0.717, 1.165) is 0 Å². The van der Waals surface area contributed by atoms with Gasteiger partial charge in [0, 0.05) is 5.69 Å². The van der Waals surface area contributed by atoms with Crippen LogP contribution in [0.4, 0.5) is 5.69 Å². The predicted molar refractivity (Wildman–Crippen MR) is 85.9 cm³/mol. The Morgan fingerprint density at radius 3 is 2.18 bits per heavy atom. The second kappa shape index (κ2) is 7.00. The largest absolute Gasteiger partial charge is 0.497 e. The fourth-order valence-corrected chi connectivity index (χ4v) is 2.80. The van der Waals surface area contributed by atoms with E-state index in [1.165, 1.54) is 12.1 Å². The van der Waals surface area contributed by atoms with Crippen LogP contribution in [0.15, 0.2) is 66.1 Å². The molecule has 116 valence electrons. The van der Waals surface area contributed by atoms with E-state index in [0.29, 0.717) is 23.8 Å². The highest BCUT2D eigenvalue weighted by molar-refractivity contribution is 7.92. The molecule has 0 aliphatic heterocycles. The van der Waals surface area contributed by atoms with Crippen molar-refractivity contribution in [2.24, 2.45) is 0 Å². The molecule has 2 rings (SSSR count). The molecule has 5 nitrogen and oxygen atoms in total. The molecule has 0 aromatic heterocycles. The minimum absolute atomic E-state index is 0.161.